The van der Waals surface area contributed by atoms with Gasteiger partial charge in [0.05, 0.1) is 17.5 Å². The molecule has 4 rings (SSSR count). The first kappa shape index (κ1) is 17.9. The molecule has 0 aliphatic rings. The van der Waals surface area contributed by atoms with Crippen LogP contribution in [0.2, 0.25) is 5.02 Å². The molecule has 0 atom stereocenters. The lowest BCUT2D eigenvalue weighted by molar-refractivity contribution is 0.0960. The molecule has 3 heterocycles. The molecule has 8 heteroatoms. The zero-order valence-corrected chi connectivity index (χ0v) is 15.7. The van der Waals surface area contributed by atoms with Crippen LogP contribution < -0.4 is 16.4 Å². The summed E-state index contributed by atoms with van der Waals surface area (Å²) in [6.07, 6.45) is 1.62. The van der Waals surface area contributed by atoms with E-state index in [0.717, 1.165) is 5.56 Å². The van der Waals surface area contributed by atoms with Crippen LogP contribution in [0.1, 0.15) is 15.9 Å². The number of nitrogens with zero attached hydrogens (tertiary/aromatic N) is 3. The normalized spacial score (nSPS) is 11.1. The standard InChI is InChI=1S/C20H16ClN5O2/c1-23-19(27)13-10-14-18(24-16-8-4-5-9-25(16)20(14)28)26(17(13)22)11-12-6-2-3-7-15(12)21/h2-10,22H,11H2,1H3,(H,23,27). The third kappa shape index (κ3) is 2.86. The second-order valence-electron chi connectivity index (χ2n) is 6.25. The average molecular weight is 394 g/mol. The first-order chi connectivity index (χ1) is 13.5. The Hall–Kier alpha value is -3.45. The van der Waals surface area contributed by atoms with Crippen molar-refractivity contribution in [2.75, 3.05) is 7.05 Å². The number of benzene rings is 1. The molecule has 2 N–H and O–H groups in total. The van der Waals surface area contributed by atoms with E-state index >= 15 is 0 Å². The van der Waals surface area contributed by atoms with Gasteiger partial charge in [-0.25, -0.2) is 4.98 Å². The summed E-state index contributed by atoms with van der Waals surface area (Å²) in [6.45, 7) is 0.204. The van der Waals surface area contributed by atoms with Gasteiger partial charge in [0.15, 0.2) is 0 Å². The third-order valence-electron chi connectivity index (χ3n) is 4.58. The van der Waals surface area contributed by atoms with Crippen LogP contribution in [0.4, 0.5) is 0 Å². The number of fused-ring (bicyclic) bond motifs is 2. The van der Waals surface area contributed by atoms with Crippen molar-refractivity contribution in [1.82, 2.24) is 19.3 Å². The van der Waals surface area contributed by atoms with Crippen LogP contribution in [0.3, 0.4) is 0 Å². The minimum absolute atomic E-state index is 0.0426. The van der Waals surface area contributed by atoms with Crippen molar-refractivity contribution in [2.45, 2.75) is 6.54 Å². The second-order valence-corrected chi connectivity index (χ2v) is 6.65. The summed E-state index contributed by atoms with van der Waals surface area (Å²) in [5.74, 6) is -0.447. The Kier molecular flexibility index (Phi) is 4.44. The molecule has 0 fully saturated rings. The van der Waals surface area contributed by atoms with E-state index in [0.29, 0.717) is 16.3 Å². The predicted octanol–water partition coefficient (Wildman–Crippen LogP) is 2.19. The van der Waals surface area contributed by atoms with E-state index < -0.39 is 5.91 Å². The lowest BCUT2D eigenvalue weighted by Crippen LogP contribution is -2.34. The fourth-order valence-corrected chi connectivity index (χ4v) is 3.34. The number of carbonyl (C=O) groups is 1. The predicted molar refractivity (Wildman–Crippen MR) is 107 cm³/mol. The van der Waals surface area contributed by atoms with Gasteiger partial charge in [-0.3, -0.25) is 19.4 Å². The van der Waals surface area contributed by atoms with E-state index in [1.807, 2.05) is 18.2 Å². The highest BCUT2D eigenvalue weighted by atomic mass is 35.5. The van der Waals surface area contributed by atoms with Crippen LogP contribution in [0.15, 0.2) is 59.5 Å². The summed E-state index contributed by atoms with van der Waals surface area (Å²) < 4.78 is 2.95. The second kappa shape index (κ2) is 6.94. The summed E-state index contributed by atoms with van der Waals surface area (Å²) in [5.41, 5.74) is 1.29. The van der Waals surface area contributed by atoms with Crippen LogP contribution in [0.25, 0.3) is 16.7 Å². The highest BCUT2D eigenvalue weighted by Crippen LogP contribution is 2.18. The summed E-state index contributed by atoms with van der Waals surface area (Å²) >= 11 is 6.29. The van der Waals surface area contributed by atoms with Gasteiger partial charge in [-0.2, -0.15) is 0 Å². The van der Waals surface area contributed by atoms with Crippen LogP contribution in [-0.2, 0) is 6.54 Å². The highest BCUT2D eigenvalue weighted by Gasteiger charge is 2.17. The van der Waals surface area contributed by atoms with Crippen LogP contribution in [0, 0.1) is 5.41 Å². The number of hydrogen-bond donors (Lipinski definition) is 2. The van der Waals surface area contributed by atoms with Gasteiger partial charge in [0.1, 0.15) is 16.8 Å². The molecule has 0 bridgehead atoms. The molecule has 0 spiro atoms. The molecular weight excluding hydrogens is 378 g/mol. The van der Waals surface area contributed by atoms with Gasteiger partial charge in [0.2, 0.25) is 0 Å². The number of halogens is 1. The van der Waals surface area contributed by atoms with E-state index in [9.17, 15) is 9.59 Å². The van der Waals surface area contributed by atoms with Crippen LogP contribution in [0.5, 0.6) is 0 Å². The maximum Gasteiger partial charge on any atom is 0.267 e. The Labute approximate surface area is 164 Å². The van der Waals surface area contributed by atoms with E-state index in [-0.39, 0.29) is 28.5 Å². The van der Waals surface area contributed by atoms with Gasteiger partial charge in [0, 0.05) is 18.3 Å². The minimum atomic E-state index is -0.447. The van der Waals surface area contributed by atoms with E-state index in [1.54, 1.807) is 30.5 Å². The number of amides is 1. The average Bonchev–Trinajstić information content (AvgIpc) is 2.71. The van der Waals surface area contributed by atoms with Crippen molar-refractivity contribution in [3.05, 3.63) is 86.7 Å². The molecule has 0 radical (unpaired) electrons. The lowest BCUT2D eigenvalue weighted by atomic mass is 10.1. The van der Waals surface area contributed by atoms with Crippen molar-refractivity contribution < 1.29 is 4.79 Å². The van der Waals surface area contributed by atoms with E-state index in [1.165, 1.54) is 22.1 Å². The molecule has 0 aliphatic heterocycles. The van der Waals surface area contributed by atoms with Crippen molar-refractivity contribution in [3.8, 4) is 0 Å². The Balaban J connectivity index is 2.12. The highest BCUT2D eigenvalue weighted by molar-refractivity contribution is 6.31. The maximum absolute atomic E-state index is 13.0. The maximum atomic E-state index is 13.0. The Morgan fingerprint density at radius 3 is 2.71 bits per heavy atom. The molecule has 0 saturated heterocycles. The summed E-state index contributed by atoms with van der Waals surface area (Å²) in [6, 6.07) is 13.9. The topological polar surface area (TPSA) is 92.2 Å². The minimum Gasteiger partial charge on any atom is -0.355 e. The SMILES string of the molecule is CNC(=O)c1cc2c(=O)n3ccccc3nc2n(Cc2ccccc2Cl)c1=N. The van der Waals surface area contributed by atoms with E-state index in [2.05, 4.69) is 10.3 Å². The molecule has 0 saturated carbocycles. The number of rotatable bonds is 3. The molecule has 1 aromatic carbocycles. The quantitative estimate of drug-likeness (QED) is 0.522. The fourth-order valence-electron chi connectivity index (χ4n) is 3.15. The van der Waals surface area contributed by atoms with Gasteiger partial charge in [0.25, 0.3) is 11.5 Å². The fraction of sp³-hybridized carbons (Fsp3) is 0.100. The molecule has 3 aromatic heterocycles. The van der Waals surface area contributed by atoms with Gasteiger partial charge in [-0.05, 0) is 29.8 Å². The number of carbonyl (C=O) groups excluding carboxylic acids is 1. The van der Waals surface area contributed by atoms with Gasteiger partial charge in [-0.15, -0.1) is 0 Å². The van der Waals surface area contributed by atoms with Crippen LogP contribution >= 0.6 is 11.6 Å². The molecule has 0 unspecified atom stereocenters. The largest absolute Gasteiger partial charge is 0.355 e. The number of aromatic nitrogens is 3. The summed E-state index contributed by atoms with van der Waals surface area (Å²) in [4.78, 5) is 29.9. The molecule has 140 valence electrons. The first-order valence-electron chi connectivity index (χ1n) is 8.56. The Morgan fingerprint density at radius 2 is 1.96 bits per heavy atom. The zero-order valence-electron chi connectivity index (χ0n) is 14.9. The van der Waals surface area contributed by atoms with Crippen molar-refractivity contribution in [3.63, 3.8) is 0 Å². The smallest absolute Gasteiger partial charge is 0.267 e. The molecular formula is C20H16ClN5O2. The molecule has 0 aliphatic carbocycles. The van der Waals surface area contributed by atoms with Gasteiger partial charge < -0.3 is 9.88 Å². The van der Waals surface area contributed by atoms with Crippen molar-refractivity contribution in [2.24, 2.45) is 0 Å². The number of hydrogen-bond acceptors (Lipinski definition) is 4. The van der Waals surface area contributed by atoms with Gasteiger partial charge >= 0.3 is 0 Å². The number of nitrogens with one attached hydrogen (secondary N) is 2. The summed E-state index contributed by atoms with van der Waals surface area (Å²) in [5, 5.41) is 11.9. The zero-order chi connectivity index (χ0) is 19.8. The number of pyridine rings is 2. The van der Waals surface area contributed by atoms with Crippen molar-refractivity contribution in [1.29, 1.82) is 5.41 Å². The molecule has 4 aromatic rings. The molecule has 1 amide bonds. The lowest BCUT2D eigenvalue weighted by Gasteiger charge is -2.15. The van der Waals surface area contributed by atoms with Crippen molar-refractivity contribution >= 4 is 34.2 Å². The molecule has 28 heavy (non-hydrogen) atoms. The van der Waals surface area contributed by atoms with Gasteiger partial charge in [-0.1, -0.05) is 35.9 Å². The third-order valence-corrected chi connectivity index (χ3v) is 4.95. The summed E-state index contributed by atoms with van der Waals surface area (Å²) in [7, 11) is 1.48. The van der Waals surface area contributed by atoms with E-state index in [4.69, 9.17) is 17.0 Å². The Morgan fingerprint density at radius 1 is 1.21 bits per heavy atom. The Bertz CT molecular complexity index is 1360. The molecule has 7 nitrogen and oxygen atoms in total. The monoisotopic (exact) mass is 393 g/mol. The first-order valence-corrected chi connectivity index (χ1v) is 8.94. The van der Waals surface area contributed by atoms with Crippen LogP contribution in [-0.4, -0.2) is 26.9 Å².